The summed E-state index contributed by atoms with van der Waals surface area (Å²) in [6.07, 6.45) is 5.11. The van der Waals surface area contributed by atoms with Crippen LogP contribution in [0.1, 0.15) is 17.1 Å². The lowest BCUT2D eigenvalue weighted by atomic mass is 10.1. The molecule has 0 aliphatic rings. The lowest BCUT2D eigenvalue weighted by Crippen LogP contribution is -2.26. The lowest BCUT2D eigenvalue weighted by Gasteiger charge is -2.14. The van der Waals surface area contributed by atoms with E-state index in [4.69, 9.17) is 0 Å². The molecule has 0 aliphatic carbocycles. The molecule has 0 unspecified atom stereocenters. The van der Waals surface area contributed by atoms with Crippen molar-refractivity contribution in [2.45, 2.75) is 12.8 Å². The van der Waals surface area contributed by atoms with Crippen LogP contribution in [-0.4, -0.2) is 39.6 Å². The zero-order valence-corrected chi connectivity index (χ0v) is 17.0. The smallest absolute Gasteiger partial charge is 0.246 e. The van der Waals surface area contributed by atoms with Gasteiger partial charge >= 0.3 is 0 Å². The summed E-state index contributed by atoms with van der Waals surface area (Å²) in [5.41, 5.74) is 4.09. The molecule has 0 aliphatic heterocycles. The maximum Gasteiger partial charge on any atom is 0.246 e. The standard InChI is InChI=1S/C23H22N4OS/c1-27(23(28)14-13-22-24-19-11-5-6-12-21(19)29-22)15-7-10-18-16-20(26-25-18)17-8-3-2-4-9-17/h2-6,8-9,11-14,16H,7,10,15H2,1H3,(H,25,26)/b14-13+. The van der Waals surface area contributed by atoms with Gasteiger partial charge in [0.2, 0.25) is 5.91 Å². The third-order valence-electron chi connectivity index (χ3n) is 4.70. The minimum absolute atomic E-state index is 0.0150. The lowest BCUT2D eigenvalue weighted by molar-refractivity contribution is -0.124. The predicted molar refractivity (Wildman–Crippen MR) is 119 cm³/mol. The highest BCUT2D eigenvalue weighted by molar-refractivity contribution is 7.19. The summed E-state index contributed by atoms with van der Waals surface area (Å²) in [7, 11) is 1.83. The van der Waals surface area contributed by atoms with Gasteiger partial charge in [-0.25, -0.2) is 4.98 Å². The van der Waals surface area contributed by atoms with E-state index in [1.165, 1.54) is 0 Å². The van der Waals surface area contributed by atoms with Crippen LogP contribution in [0.3, 0.4) is 0 Å². The largest absolute Gasteiger partial charge is 0.342 e. The van der Waals surface area contributed by atoms with E-state index in [1.807, 2.05) is 61.6 Å². The van der Waals surface area contributed by atoms with Crippen LogP contribution in [0.2, 0.25) is 0 Å². The number of likely N-dealkylation sites (N-methyl/N-ethyl adjacent to an activating group) is 1. The Balaban J connectivity index is 1.27. The fourth-order valence-electron chi connectivity index (χ4n) is 3.09. The number of hydrogen-bond acceptors (Lipinski definition) is 4. The van der Waals surface area contributed by atoms with E-state index in [0.29, 0.717) is 6.54 Å². The highest BCUT2D eigenvalue weighted by Gasteiger charge is 2.08. The van der Waals surface area contributed by atoms with E-state index in [2.05, 4.69) is 21.2 Å². The molecule has 29 heavy (non-hydrogen) atoms. The van der Waals surface area contributed by atoms with Gasteiger partial charge in [0, 0.05) is 30.9 Å². The Hall–Kier alpha value is -3.25. The number of aromatic nitrogens is 3. The Bertz CT molecular complexity index is 1100. The van der Waals surface area contributed by atoms with Gasteiger partial charge in [-0.15, -0.1) is 11.3 Å². The average molecular weight is 403 g/mol. The third-order valence-corrected chi connectivity index (χ3v) is 5.70. The van der Waals surface area contributed by atoms with Crippen LogP contribution in [0.15, 0.2) is 66.7 Å². The number of fused-ring (bicyclic) bond motifs is 1. The van der Waals surface area contributed by atoms with Gasteiger partial charge in [0.05, 0.1) is 15.9 Å². The summed E-state index contributed by atoms with van der Waals surface area (Å²) < 4.78 is 1.13. The van der Waals surface area contributed by atoms with Crippen LogP contribution in [-0.2, 0) is 11.2 Å². The summed E-state index contributed by atoms with van der Waals surface area (Å²) in [4.78, 5) is 18.6. The fourth-order valence-corrected chi connectivity index (χ4v) is 3.96. The van der Waals surface area contributed by atoms with Crippen LogP contribution in [0, 0.1) is 0 Å². The molecule has 2 aromatic carbocycles. The number of rotatable bonds is 7. The Labute approximate surface area is 173 Å². The molecule has 0 atom stereocenters. The summed E-state index contributed by atoms with van der Waals surface area (Å²) in [5.74, 6) is -0.0150. The molecular weight excluding hydrogens is 380 g/mol. The first-order chi connectivity index (χ1) is 14.2. The highest BCUT2D eigenvalue weighted by atomic mass is 32.1. The molecular formula is C23H22N4OS. The Morgan fingerprint density at radius 1 is 1.14 bits per heavy atom. The van der Waals surface area contributed by atoms with E-state index in [9.17, 15) is 4.79 Å². The Kier molecular flexibility index (Phi) is 5.81. The van der Waals surface area contributed by atoms with Gasteiger partial charge in [-0.05, 0) is 37.1 Å². The molecule has 4 rings (SSSR count). The van der Waals surface area contributed by atoms with Gasteiger partial charge < -0.3 is 4.90 Å². The zero-order chi connectivity index (χ0) is 20.1. The number of benzene rings is 2. The van der Waals surface area contributed by atoms with Crippen molar-refractivity contribution < 1.29 is 4.79 Å². The number of para-hydroxylation sites is 1. The van der Waals surface area contributed by atoms with Gasteiger partial charge in [-0.2, -0.15) is 5.10 Å². The number of nitrogens with zero attached hydrogens (tertiary/aromatic N) is 3. The van der Waals surface area contributed by atoms with Crippen molar-refractivity contribution in [3.63, 3.8) is 0 Å². The number of aromatic amines is 1. The van der Waals surface area contributed by atoms with Gasteiger partial charge in [-0.3, -0.25) is 9.89 Å². The van der Waals surface area contributed by atoms with Gasteiger partial charge in [-0.1, -0.05) is 42.5 Å². The number of carbonyl (C=O) groups excluding carboxylic acids is 1. The topological polar surface area (TPSA) is 61.9 Å². The number of aryl methyl sites for hydroxylation is 1. The van der Waals surface area contributed by atoms with Crippen molar-refractivity contribution in [1.82, 2.24) is 20.1 Å². The molecule has 6 heteroatoms. The van der Waals surface area contributed by atoms with E-state index in [0.717, 1.165) is 45.0 Å². The third kappa shape index (κ3) is 4.78. The van der Waals surface area contributed by atoms with Gasteiger partial charge in [0.1, 0.15) is 5.01 Å². The van der Waals surface area contributed by atoms with Crippen molar-refractivity contribution in [3.05, 3.63) is 77.4 Å². The molecule has 5 nitrogen and oxygen atoms in total. The second-order valence-corrected chi connectivity index (χ2v) is 7.92. The van der Waals surface area contributed by atoms with Crippen molar-refractivity contribution in [3.8, 4) is 11.3 Å². The molecule has 0 fully saturated rings. The van der Waals surface area contributed by atoms with E-state index >= 15 is 0 Å². The minimum atomic E-state index is -0.0150. The summed E-state index contributed by atoms with van der Waals surface area (Å²) in [6.45, 7) is 0.683. The number of carbonyl (C=O) groups is 1. The van der Waals surface area contributed by atoms with E-state index < -0.39 is 0 Å². The first kappa shape index (κ1) is 19.1. The van der Waals surface area contributed by atoms with Gasteiger partial charge in [0.15, 0.2) is 0 Å². The number of nitrogens with one attached hydrogen (secondary N) is 1. The predicted octanol–water partition coefficient (Wildman–Crippen LogP) is 4.79. The van der Waals surface area contributed by atoms with Crippen molar-refractivity contribution >= 4 is 33.5 Å². The Morgan fingerprint density at radius 3 is 2.76 bits per heavy atom. The van der Waals surface area contributed by atoms with Crippen molar-refractivity contribution in [1.29, 1.82) is 0 Å². The molecule has 0 spiro atoms. The second-order valence-electron chi connectivity index (χ2n) is 6.86. The summed E-state index contributed by atoms with van der Waals surface area (Å²) in [6, 6.07) is 20.2. The molecule has 1 amide bonds. The Morgan fingerprint density at radius 2 is 1.93 bits per heavy atom. The second kappa shape index (κ2) is 8.84. The first-order valence-electron chi connectivity index (χ1n) is 9.57. The average Bonchev–Trinajstić information content (AvgIpc) is 3.39. The van der Waals surface area contributed by atoms with Crippen LogP contribution in [0.5, 0.6) is 0 Å². The SMILES string of the molecule is CN(CCCc1cc(-c2ccccc2)n[nH]1)C(=O)/C=C/c1nc2ccccc2s1. The molecule has 0 saturated heterocycles. The quantitative estimate of drug-likeness (QED) is 0.452. The molecule has 146 valence electrons. The van der Waals surface area contributed by atoms with Crippen molar-refractivity contribution in [2.75, 3.05) is 13.6 Å². The number of H-pyrrole nitrogens is 1. The normalized spacial score (nSPS) is 11.3. The maximum atomic E-state index is 12.4. The van der Waals surface area contributed by atoms with Crippen LogP contribution >= 0.6 is 11.3 Å². The van der Waals surface area contributed by atoms with Crippen LogP contribution in [0.4, 0.5) is 0 Å². The molecule has 0 radical (unpaired) electrons. The van der Waals surface area contributed by atoms with Crippen molar-refractivity contribution in [2.24, 2.45) is 0 Å². The molecule has 0 saturated carbocycles. The van der Waals surface area contributed by atoms with E-state index in [1.54, 1.807) is 28.4 Å². The fraction of sp³-hybridized carbons (Fsp3) is 0.174. The number of hydrogen-bond donors (Lipinski definition) is 1. The molecule has 4 aromatic rings. The number of amides is 1. The molecule has 1 N–H and O–H groups in total. The minimum Gasteiger partial charge on any atom is -0.342 e. The number of thiazole rings is 1. The van der Waals surface area contributed by atoms with Gasteiger partial charge in [0.25, 0.3) is 0 Å². The highest BCUT2D eigenvalue weighted by Crippen LogP contribution is 2.22. The maximum absolute atomic E-state index is 12.4. The van der Waals surface area contributed by atoms with E-state index in [-0.39, 0.29) is 5.91 Å². The monoisotopic (exact) mass is 402 g/mol. The van der Waals surface area contributed by atoms with Crippen LogP contribution in [0.25, 0.3) is 27.6 Å². The van der Waals surface area contributed by atoms with Crippen LogP contribution < -0.4 is 0 Å². The summed E-state index contributed by atoms with van der Waals surface area (Å²) in [5, 5.41) is 8.32. The molecule has 2 heterocycles. The zero-order valence-electron chi connectivity index (χ0n) is 16.2. The first-order valence-corrected chi connectivity index (χ1v) is 10.4. The molecule has 2 aromatic heterocycles. The molecule has 0 bridgehead atoms. The summed E-state index contributed by atoms with van der Waals surface area (Å²) >= 11 is 1.59.